The van der Waals surface area contributed by atoms with Crippen LogP contribution in [0, 0.1) is 5.82 Å². The van der Waals surface area contributed by atoms with Gasteiger partial charge in [0.1, 0.15) is 5.82 Å². The van der Waals surface area contributed by atoms with Gasteiger partial charge in [0, 0.05) is 20.8 Å². The molecule has 0 heterocycles. The van der Waals surface area contributed by atoms with E-state index in [1.54, 1.807) is 31.3 Å². The van der Waals surface area contributed by atoms with Crippen LogP contribution in [0.3, 0.4) is 0 Å². The van der Waals surface area contributed by atoms with Crippen LogP contribution in [0.1, 0.15) is 17.3 Å². The summed E-state index contributed by atoms with van der Waals surface area (Å²) >= 11 is 3.09. The number of carbonyl (C=O) groups excluding carboxylic acids is 1. The van der Waals surface area contributed by atoms with E-state index in [9.17, 15) is 9.18 Å². The number of hydrogen-bond acceptors (Lipinski definition) is 3. The molecule has 1 aromatic rings. The third-order valence-corrected chi connectivity index (χ3v) is 3.53. The first-order chi connectivity index (χ1) is 9.52. The van der Waals surface area contributed by atoms with Gasteiger partial charge in [-0.25, -0.2) is 4.39 Å². The number of methoxy groups -OCH3 is 2. The number of rotatable bonds is 7. The van der Waals surface area contributed by atoms with Crippen LogP contribution < -0.4 is 0 Å². The Morgan fingerprint density at radius 1 is 1.40 bits per heavy atom. The zero-order valence-corrected chi connectivity index (χ0v) is 13.4. The summed E-state index contributed by atoms with van der Waals surface area (Å²) < 4.78 is 24.4. The second kappa shape index (κ2) is 8.34. The Morgan fingerprint density at radius 2 is 2.10 bits per heavy atom. The van der Waals surface area contributed by atoms with Crippen molar-refractivity contribution in [3.8, 4) is 0 Å². The van der Waals surface area contributed by atoms with Crippen molar-refractivity contribution in [3.63, 3.8) is 0 Å². The van der Waals surface area contributed by atoms with Crippen molar-refractivity contribution in [2.45, 2.75) is 13.0 Å². The van der Waals surface area contributed by atoms with Gasteiger partial charge in [0.05, 0.1) is 29.3 Å². The van der Waals surface area contributed by atoms with Crippen molar-refractivity contribution in [1.82, 2.24) is 4.90 Å². The third kappa shape index (κ3) is 4.26. The molecular weight excluding hydrogens is 329 g/mol. The molecule has 1 unspecified atom stereocenters. The number of amides is 1. The van der Waals surface area contributed by atoms with Gasteiger partial charge in [-0.3, -0.25) is 4.79 Å². The van der Waals surface area contributed by atoms with E-state index in [-0.39, 0.29) is 22.0 Å². The Kier molecular flexibility index (Phi) is 7.12. The highest BCUT2D eigenvalue weighted by Gasteiger charge is 2.24. The monoisotopic (exact) mass is 347 g/mol. The van der Waals surface area contributed by atoms with Gasteiger partial charge in [-0.2, -0.15) is 0 Å². The molecule has 0 saturated heterocycles. The molecule has 20 heavy (non-hydrogen) atoms. The molecule has 112 valence electrons. The summed E-state index contributed by atoms with van der Waals surface area (Å²) in [6.45, 7) is 3.00. The van der Waals surface area contributed by atoms with Crippen LogP contribution in [0.15, 0.2) is 22.7 Å². The molecule has 1 amide bonds. The summed E-state index contributed by atoms with van der Waals surface area (Å²) in [4.78, 5) is 14.0. The van der Waals surface area contributed by atoms with Crippen molar-refractivity contribution in [2.75, 3.05) is 34.0 Å². The fourth-order valence-corrected chi connectivity index (χ4v) is 2.23. The summed E-state index contributed by atoms with van der Waals surface area (Å²) in [5.41, 5.74) is 0.0402. The van der Waals surface area contributed by atoms with Crippen LogP contribution in [-0.4, -0.2) is 50.8 Å². The predicted octanol–water partition coefficient (Wildman–Crippen LogP) is 2.71. The molecule has 0 radical (unpaired) electrons. The van der Waals surface area contributed by atoms with Gasteiger partial charge in [-0.15, -0.1) is 0 Å². The van der Waals surface area contributed by atoms with Crippen LogP contribution in [0.5, 0.6) is 0 Å². The van der Waals surface area contributed by atoms with Gasteiger partial charge in [-0.05, 0) is 35.0 Å². The van der Waals surface area contributed by atoms with E-state index in [1.807, 2.05) is 6.92 Å². The first kappa shape index (κ1) is 17.1. The molecule has 1 aromatic carbocycles. The maximum absolute atomic E-state index is 14.0. The molecule has 0 aromatic heterocycles. The molecule has 0 N–H and O–H groups in total. The lowest BCUT2D eigenvalue weighted by Crippen LogP contribution is -2.43. The number of hydrogen-bond donors (Lipinski definition) is 0. The van der Waals surface area contributed by atoms with Crippen molar-refractivity contribution < 1.29 is 18.7 Å². The summed E-state index contributed by atoms with van der Waals surface area (Å²) in [5.74, 6) is -0.921. The lowest BCUT2D eigenvalue weighted by molar-refractivity contribution is 0.0475. The number of nitrogens with zero attached hydrogens (tertiary/aromatic N) is 1. The Balaban J connectivity index is 2.99. The summed E-state index contributed by atoms with van der Waals surface area (Å²) in [7, 11) is 3.12. The van der Waals surface area contributed by atoms with Crippen molar-refractivity contribution in [2.24, 2.45) is 0 Å². The van der Waals surface area contributed by atoms with E-state index in [0.29, 0.717) is 19.8 Å². The predicted molar refractivity (Wildman–Crippen MR) is 78.4 cm³/mol. The van der Waals surface area contributed by atoms with Crippen LogP contribution >= 0.6 is 15.9 Å². The number of halogens is 2. The SMILES string of the molecule is COCCN(C(=O)c1cccc(Br)c1F)C(C)COC. The fourth-order valence-electron chi connectivity index (χ4n) is 1.87. The lowest BCUT2D eigenvalue weighted by atomic mass is 10.1. The van der Waals surface area contributed by atoms with E-state index in [2.05, 4.69) is 15.9 Å². The molecule has 6 heteroatoms. The topological polar surface area (TPSA) is 38.8 Å². The van der Waals surface area contributed by atoms with Gasteiger partial charge in [0.2, 0.25) is 0 Å². The molecule has 0 bridgehead atoms. The lowest BCUT2D eigenvalue weighted by Gasteiger charge is -2.29. The number of carbonyl (C=O) groups is 1. The second-order valence-corrected chi connectivity index (χ2v) is 5.25. The average molecular weight is 348 g/mol. The van der Waals surface area contributed by atoms with Gasteiger partial charge in [0.25, 0.3) is 5.91 Å². The standard InChI is InChI=1S/C14H19BrFNO3/c1-10(9-20-3)17(7-8-19-2)14(18)11-5-4-6-12(15)13(11)16/h4-6,10H,7-9H2,1-3H3. The zero-order chi connectivity index (χ0) is 15.1. The molecule has 0 saturated carbocycles. The second-order valence-electron chi connectivity index (χ2n) is 4.40. The maximum atomic E-state index is 14.0. The van der Waals surface area contributed by atoms with Crippen LogP contribution in [-0.2, 0) is 9.47 Å². The van der Waals surface area contributed by atoms with Gasteiger partial charge in [0.15, 0.2) is 0 Å². The normalized spacial score (nSPS) is 12.2. The molecular formula is C14H19BrFNO3. The van der Waals surface area contributed by atoms with Gasteiger partial charge < -0.3 is 14.4 Å². The molecule has 0 aliphatic rings. The van der Waals surface area contributed by atoms with Crippen LogP contribution in [0.4, 0.5) is 4.39 Å². The van der Waals surface area contributed by atoms with E-state index < -0.39 is 5.82 Å². The molecule has 0 aliphatic carbocycles. The Morgan fingerprint density at radius 3 is 2.70 bits per heavy atom. The molecule has 0 aliphatic heterocycles. The average Bonchev–Trinajstić information content (AvgIpc) is 2.42. The number of benzene rings is 1. The number of ether oxygens (including phenoxy) is 2. The first-order valence-corrected chi connectivity index (χ1v) is 7.05. The van der Waals surface area contributed by atoms with E-state index in [4.69, 9.17) is 9.47 Å². The van der Waals surface area contributed by atoms with E-state index in [0.717, 1.165) is 0 Å². The van der Waals surface area contributed by atoms with E-state index >= 15 is 0 Å². The fraction of sp³-hybridized carbons (Fsp3) is 0.500. The first-order valence-electron chi connectivity index (χ1n) is 6.25. The van der Waals surface area contributed by atoms with Crippen LogP contribution in [0.25, 0.3) is 0 Å². The maximum Gasteiger partial charge on any atom is 0.257 e. The highest BCUT2D eigenvalue weighted by atomic mass is 79.9. The largest absolute Gasteiger partial charge is 0.383 e. The summed E-state index contributed by atoms with van der Waals surface area (Å²) in [6, 6.07) is 4.50. The minimum atomic E-state index is -0.551. The highest BCUT2D eigenvalue weighted by molar-refractivity contribution is 9.10. The molecule has 0 spiro atoms. The molecule has 0 fully saturated rings. The molecule has 1 atom stereocenters. The Hall–Kier alpha value is -0.980. The van der Waals surface area contributed by atoms with Gasteiger partial charge >= 0.3 is 0 Å². The minimum absolute atomic E-state index is 0.0402. The highest BCUT2D eigenvalue weighted by Crippen LogP contribution is 2.20. The van der Waals surface area contributed by atoms with E-state index in [1.165, 1.54) is 6.07 Å². The zero-order valence-electron chi connectivity index (χ0n) is 11.9. The Labute approximate surface area is 127 Å². The third-order valence-electron chi connectivity index (χ3n) is 2.92. The summed E-state index contributed by atoms with van der Waals surface area (Å²) in [5, 5.41) is 0. The quantitative estimate of drug-likeness (QED) is 0.761. The van der Waals surface area contributed by atoms with Crippen molar-refractivity contribution in [1.29, 1.82) is 0 Å². The summed E-state index contributed by atoms with van der Waals surface area (Å²) in [6.07, 6.45) is 0. The smallest absolute Gasteiger partial charge is 0.257 e. The minimum Gasteiger partial charge on any atom is -0.383 e. The van der Waals surface area contributed by atoms with Crippen molar-refractivity contribution in [3.05, 3.63) is 34.1 Å². The van der Waals surface area contributed by atoms with Gasteiger partial charge in [-0.1, -0.05) is 6.07 Å². The molecule has 1 rings (SSSR count). The van der Waals surface area contributed by atoms with Crippen molar-refractivity contribution >= 4 is 21.8 Å². The van der Waals surface area contributed by atoms with Crippen LogP contribution in [0.2, 0.25) is 0 Å². The Bertz CT molecular complexity index is 456. The molecule has 4 nitrogen and oxygen atoms in total.